The molecule has 0 radical (unpaired) electrons. The summed E-state index contributed by atoms with van der Waals surface area (Å²) in [4.78, 5) is 0. The van der Waals surface area contributed by atoms with Crippen LogP contribution >= 0.6 is 0 Å². The second kappa shape index (κ2) is 19.2. The highest BCUT2D eigenvalue weighted by Crippen LogP contribution is 2.18. The number of allylic oxidation sites excluding steroid dienone is 2. The Bertz CT molecular complexity index is 474. The van der Waals surface area contributed by atoms with Crippen molar-refractivity contribution >= 4 is 0 Å². The average Bonchev–Trinajstić information content (AvgIpc) is 2.68. The Balaban J connectivity index is 0.00000729. The lowest BCUT2D eigenvalue weighted by Gasteiger charge is -2.08. The third-order valence-electron chi connectivity index (χ3n) is 5.95. The summed E-state index contributed by atoms with van der Waals surface area (Å²) in [6, 6.07) is 10.9. The zero-order valence-corrected chi connectivity index (χ0v) is 19.4. The van der Waals surface area contributed by atoms with Crippen LogP contribution in [0.15, 0.2) is 41.5 Å². The summed E-state index contributed by atoms with van der Waals surface area (Å²) < 4.78 is 0. The van der Waals surface area contributed by atoms with Gasteiger partial charge in [0.15, 0.2) is 0 Å². The molecule has 1 nitrogen and oxygen atoms in total. The largest absolute Gasteiger partial charge is 0.344 e. The standard InChI is InChI=1S/C27H46.H3N/c1-4-5-6-7-8-9-10-11-12-13-14-15-16-18-21-25(2)26(3)24-27-22-19-17-20-23-27;/h17,19-20,22-23H,4-16,18,21,24H2,1-3H3;1H3. The summed E-state index contributed by atoms with van der Waals surface area (Å²) in [6.07, 6.45) is 22.6. The van der Waals surface area contributed by atoms with Crippen molar-refractivity contribution in [3.63, 3.8) is 0 Å². The fourth-order valence-electron chi connectivity index (χ4n) is 3.85. The Hall–Kier alpha value is -1.08. The van der Waals surface area contributed by atoms with Crippen molar-refractivity contribution in [2.75, 3.05) is 0 Å². The van der Waals surface area contributed by atoms with Crippen LogP contribution in [0.25, 0.3) is 0 Å². The van der Waals surface area contributed by atoms with Crippen molar-refractivity contribution in [1.82, 2.24) is 6.15 Å². The van der Waals surface area contributed by atoms with E-state index in [4.69, 9.17) is 0 Å². The molecule has 0 aliphatic carbocycles. The number of unbranched alkanes of at least 4 members (excludes halogenated alkanes) is 13. The molecule has 0 aliphatic heterocycles. The summed E-state index contributed by atoms with van der Waals surface area (Å²) in [6.45, 7) is 6.94. The Labute approximate surface area is 177 Å². The molecule has 0 aromatic heterocycles. The zero-order valence-electron chi connectivity index (χ0n) is 19.4. The summed E-state index contributed by atoms with van der Waals surface area (Å²) in [7, 11) is 0. The second-order valence-corrected chi connectivity index (χ2v) is 8.57. The monoisotopic (exact) mass is 387 g/mol. The highest BCUT2D eigenvalue weighted by Gasteiger charge is 2.00. The van der Waals surface area contributed by atoms with Crippen molar-refractivity contribution in [1.29, 1.82) is 0 Å². The minimum Gasteiger partial charge on any atom is -0.344 e. The van der Waals surface area contributed by atoms with E-state index in [2.05, 4.69) is 51.1 Å². The molecule has 1 heteroatoms. The summed E-state index contributed by atoms with van der Waals surface area (Å²) in [5, 5.41) is 0. The van der Waals surface area contributed by atoms with Gasteiger partial charge < -0.3 is 6.15 Å². The molecule has 0 amide bonds. The van der Waals surface area contributed by atoms with Gasteiger partial charge in [-0.3, -0.25) is 0 Å². The lowest BCUT2D eigenvalue weighted by Crippen LogP contribution is -1.91. The summed E-state index contributed by atoms with van der Waals surface area (Å²) in [5.74, 6) is 0. The Morgan fingerprint density at radius 2 is 1.00 bits per heavy atom. The minimum absolute atomic E-state index is 0. The Morgan fingerprint density at radius 3 is 1.46 bits per heavy atom. The Kier molecular flexibility index (Phi) is 18.5. The molecule has 0 unspecified atom stereocenters. The van der Waals surface area contributed by atoms with E-state index in [-0.39, 0.29) is 6.15 Å². The fraction of sp³-hybridized carbons (Fsp3) is 0.704. The number of hydrogen-bond acceptors (Lipinski definition) is 1. The number of rotatable bonds is 17. The molecule has 0 aliphatic rings. The van der Waals surface area contributed by atoms with Crippen molar-refractivity contribution in [2.24, 2.45) is 0 Å². The molecule has 0 fully saturated rings. The molecule has 28 heavy (non-hydrogen) atoms. The SMILES string of the molecule is CCCCCCCCCCCCCCCCC(C)=C(C)Cc1ccccc1.N. The first-order chi connectivity index (χ1) is 13.2. The van der Waals surface area contributed by atoms with Gasteiger partial charge >= 0.3 is 0 Å². The van der Waals surface area contributed by atoms with Crippen LogP contribution in [0.5, 0.6) is 0 Å². The molecule has 0 spiro atoms. The molecule has 0 heterocycles. The van der Waals surface area contributed by atoms with Crippen molar-refractivity contribution < 1.29 is 0 Å². The quantitative estimate of drug-likeness (QED) is 0.209. The number of hydrogen-bond donors (Lipinski definition) is 1. The second-order valence-electron chi connectivity index (χ2n) is 8.57. The van der Waals surface area contributed by atoms with E-state index in [0.29, 0.717) is 0 Å². The predicted molar refractivity (Wildman–Crippen MR) is 128 cm³/mol. The van der Waals surface area contributed by atoms with Crippen LogP contribution in [0.4, 0.5) is 0 Å². The normalized spacial score (nSPS) is 11.8. The van der Waals surface area contributed by atoms with Crippen LogP contribution in [0.1, 0.15) is 123 Å². The number of benzene rings is 1. The van der Waals surface area contributed by atoms with E-state index < -0.39 is 0 Å². The van der Waals surface area contributed by atoms with E-state index in [0.717, 1.165) is 6.42 Å². The van der Waals surface area contributed by atoms with E-state index in [1.54, 1.807) is 11.1 Å². The fourth-order valence-corrected chi connectivity index (χ4v) is 3.85. The topological polar surface area (TPSA) is 35.0 Å². The maximum atomic E-state index is 2.33. The van der Waals surface area contributed by atoms with Gasteiger partial charge in [-0.25, -0.2) is 0 Å². The smallest absolute Gasteiger partial charge is 0.00673 e. The maximum Gasteiger partial charge on any atom is -0.00673 e. The van der Waals surface area contributed by atoms with E-state index >= 15 is 0 Å². The summed E-state index contributed by atoms with van der Waals surface area (Å²) >= 11 is 0. The first-order valence-corrected chi connectivity index (χ1v) is 11.9. The molecule has 3 N–H and O–H groups in total. The van der Waals surface area contributed by atoms with Gasteiger partial charge in [-0.2, -0.15) is 0 Å². The van der Waals surface area contributed by atoms with E-state index in [1.807, 2.05) is 0 Å². The van der Waals surface area contributed by atoms with E-state index in [1.165, 1.54) is 102 Å². The molecular formula is C27H49N. The zero-order chi connectivity index (χ0) is 19.6. The first kappa shape index (κ1) is 26.9. The van der Waals surface area contributed by atoms with Gasteiger partial charge in [0.25, 0.3) is 0 Å². The van der Waals surface area contributed by atoms with Gasteiger partial charge in [-0.15, -0.1) is 0 Å². The third kappa shape index (κ3) is 14.9. The van der Waals surface area contributed by atoms with Gasteiger partial charge in [0.1, 0.15) is 0 Å². The van der Waals surface area contributed by atoms with Crippen molar-refractivity contribution in [2.45, 2.75) is 124 Å². The third-order valence-corrected chi connectivity index (χ3v) is 5.95. The van der Waals surface area contributed by atoms with Crippen LogP contribution in [0.2, 0.25) is 0 Å². The van der Waals surface area contributed by atoms with Gasteiger partial charge in [0.05, 0.1) is 0 Å². The molecule has 1 rings (SSSR count). The van der Waals surface area contributed by atoms with Crippen LogP contribution < -0.4 is 6.15 Å². The van der Waals surface area contributed by atoms with Gasteiger partial charge in [-0.05, 0) is 38.7 Å². The molecule has 1 aromatic rings. The van der Waals surface area contributed by atoms with Crippen molar-refractivity contribution in [3.05, 3.63) is 47.0 Å². The van der Waals surface area contributed by atoms with Gasteiger partial charge in [0, 0.05) is 0 Å². The predicted octanol–water partition coefficient (Wildman–Crippen LogP) is 9.60. The van der Waals surface area contributed by atoms with Crippen molar-refractivity contribution in [3.8, 4) is 0 Å². The lowest BCUT2D eigenvalue weighted by molar-refractivity contribution is 0.535. The van der Waals surface area contributed by atoms with Crippen LogP contribution in [-0.2, 0) is 6.42 Å². The molecule has 0 bridgehead atoms. The van der Waals surface area contributed by atoms with Crippen LogP contribution in [0, 0.1) is 0 Å². The van der Waals surface area contributed by atoms with E-state index in [9.17, 15) is 0 Å². The molecule has 0 atom stereocenters. The highest BCUT2D eigenvalue weighted by molar-refractivity contribution is 5.23. The van der Waals surface area contributed by atoms with Gasteiger partial charge in [0.2, 0.25) is 0 Å². The highest BCUT2D eigenvalue weighted by atomic mass is 14.1. The molecule has 0 saturated heterocycles. The average molecular weight is 388 g/mol. The minimum atomic E-state index is 0. The lowest BCUT2D eigenvalue weighted by atomic mass is 9.98. The summed E-state index contributed by atoms with van der Waals surface area (Å²) in [5.41, 5.74) is 4.61. The van der Waals surface area contributed by atoms with Crippen LogP contribution in [-0.4, -0.2) is 0 Å². The molecular weight excluding hydrogens is 338 g/mol. The molecule has 0 saturated carbocycles. The van der Waals surface area contributed by atoms with Gasteiger partial charge in [-0.1, -0.05) is 132 Å². The molecule has 1 aromatic carbocycles. The maximum absolute atomic E-state index is 2.33. The van der Waals surface area contributed by atoms with Crippen LogP contribution in [0.3, 0.4) is 0 Å². The Morgan fingerprint density at radius 1 is 0.571 bits per heavy atom. The first-order valence-electron chi connectivity index (χ1n) is 11.9. The molecule has 162 valence electrons.